The molecule has 3 rings (SSSR count). The Balaban J connectivity index is 2.15. The molecule has 0 aliphatic carbocycles. The number of aliphatic carboxylic acids is 1. The van der Waals surface area contributed by atoms with E-state index in [1.807, 2.05) is 0 Å². The summed E-state index contributed by atoms with van der Waals surface area (Å²) in [6.07, 6.45) is 0. The van der Waals surface area contributed by atoms with Crippen molar-refractivity contribution in [2.45, 2.75) is 18.4 Å². The van der Waals surface area contributed by atoms with Crippen LogP contribution in [0.25, 0.3) is 10.9 Å². The van der Waals surface area contributed by atoms with Crippen molar-refractivity contribution >= 4 is 44.2 Å². The summed E-state index contributed by atoms with van der Waals surface area (Å²) < 4.78 is 42.3. The van der Waals surface area contributed by atoms with Gasteiger partial charge in [0.15, 0.2) is 0 Å². The fraction of sp³-hybridized carbons (Fsp3) is 0.118. The minimum atomic E-state index is -3.99. The number of nitrogens with one attached hydrogen (secondary N) is 1. The third kappa shape index (κ3) is 3.38. The number of hydrogen-bond acceptors (Lipinski definition) is 3. The SMILES string of the molecule is Cc1c(NS(=O)(=O)c2ccc(F)cc2)c2cc(Cl)ccc2n1CC(=O)O. The van der Waals surface area contributed by atoms with Crippen LogP contribution in [0, 0.1) is 12.7 Å². The summed E-state index contributed by atoms with van der Waals surface area (Å²) in [5.74, 6) is -1.61. The van der Waals surface area contributed by atoms with E-state index in [1.165, 1.54) is 4.57 Å². The van der Waals surface area contributed by atoms with E-state index in [0.29, 0.717) is 21.6 Å². The second kappa shape index (κ2) is 6.62. The Labute approximate surface area is 153 Å². The molecule has 0 amide bonds. The number of benzene rings is 2. The maximum atomic E-state index is 13.1. The van der Waals surface area contributed by atoms with Crippen molar-refractivity contribution in [2.24, 2.45) is 0 Å². The summed E-state index contributed by atoms with van der Waals surface area (Å²) in [5, 5.41) is 9.99. The van der Waals surface area contributed by atoms with E-state index in [9.17, 15) is 17.6 Å². The van der Waals surface area contributed by atoms with Crippen LogP contribution in [0.15, 0.2) is 47.4 Å². The molecule has 0 unspecified atom stereocenters. The summed E-state index contributed by atoms with van der Waals surface area (Å²) in [6.45, 7) is 1.28. The molecular weight excluding hydrogens is 383 g/mol. The van der Waals surface area contributed by atoms with Crippen molar-refractivity contribution in [2.75, 3.05) is 4.72 Å². The molecule has 3 aromatic rings. The van der Waals surface area contributed by atoms with E-state index < -0.39 is 21.8 Å². The number of anilines is 1. The fourth-order valence-electron chi connectivity index (χ4n) is 2.73. The van der Waals surface area contributed by atoms with Crippen LogP contribution in [-0.2, 0) is 21.4 Å². The molecule has 0 saturated heterocycles. The zero-order chi connectivity index (χ0) is 19.1. The average Bonchev–Trinajstić information content (AvgIpc) is 2.80. The van der Waals surface area contributed by atoms with E-state index in [0.717, 1.165) is 24.3 Å². The van der Waals surface area contributed by atoms with Crippen LogP contribution in [0.1, 0.15) is 5.69 Å². The summed E-state index contributed by atoms with van der Waals surface area (Å²) in [4.78, 5) is 11.0. The van der Waals surface area contributed by atoms with Gasteiger partial charge >= 0.3 is 5.97 Å². The van der Waals surface area contributed by atoms with Gasteiger partial charge in [0.1, 0.15) is 12.4 Å². The van der Waals surface area contributed by atoms with Crippen molar-refractivity contribution in [1.82, 2.24) is 4.57 Å². The van der Waals surface area contributed by atoms with Crippen LogP contribution in [0.4, 0.5) is 10.1 Å². The molecule has 0 radical (unpaired) electrons. The van der Waals surface area contributed by atoms with Crippen molar-refractivity contribution < 1.29 is 22.7 Å². The maximum absolute atomic E-state index is 13.1. The summed E-state index contributed by atoms with van der Waals surface area (Å²) in [5.41, 5.74) is 1.19. The molecule has 26 heavy (non-hydrogen) atoms. The number of sulfonamides is 1. The van der Waals surface area contributed by atoms with Crippen LogP contribution >= 0.6 is 11.6 Å². The molecule has 0 fully saturated rings. The van der Waals surface area contributed by atoms with Crippen molar-refractivity contribution in [1.29, 1.82) is 0 Å². The van der Waals surface area contributed by atoms with Crippen LogP contribution in [0.2, 0.25) is 5.02 Å². The van der Waals surface area contributed by atoms with Crippen LogP contribution in [0.3, 0.4) is 0 Å². The minimum Gasteiger partial charge on any atom is -0.480 e. The molecule has 2 aromatic carbocycles. The van der Waals surface area contributed by atoms with Crippen molar-refractivity contribution in [3.63, 3.8) is 0 Å². The zero-order valence-corrected chi connectivity index (χ0v) is 15.1. The summed E-state index contributed by atoms with van der Waals surface area (Å²) >= 11 is 6.02. The molecular formula is C17H14ClFN2O4S. The lowest BCUT2D eigenvalue weighted by molar-refractivity contribution is -0.137. The lowest BCUT2D eigenvalue weighted by atomic mass is 10.2. The summed E-state index contributed by atoms with van der Waals surface area (Å²) in [6, 6.07) is 9.18. The first kappa shape index (κ1) is 18.2. The smallest absolute Gasteiger partial charge is 0.323 e. The molecule has 0 aliphatic rings. The average molecular weight is 397 g/mol. The molecule has 9 heteroatoms. The molecule has 0 spiro atoms. The molecule has 1 aromatic heterocycles. The van der Waals surface area contributed by atoms with Gasteiger partial charge in [-0.15, -0.1) is 0 Å². The quantitative estimate of drug-likeness (QED) is 0.689. The Bertz CT molecular complexity index is 1110. The second-order valence-electron chi connectivity index (χ2n) is 5.66. The monoisotopic (exact) mass is 396 g/mol. The normalized spacial score (nSPS) is 11.7. The summed E-state index contributed by atoms with van der Waals surface area (Å²) in [7, 11) is -3.99. The third-order valence-electron chi connectivity index (χ3n) is 3.94. The van der Waals surface area contributed by atoms with Gasteiger partial charge in [0.2, 0.25) is 0 Å². The highest BCUT2D eigenvalue weighted by atomic mass is 35.5. The van der Waals surface area contributed by atoms with E-state index >= 15 is 0 Å². The number of nitrogens with zero attached hydrogens (tertiary/aromatic N) is 1. The standard InChI is InChI=1S/C17H14ClFN2O4S/c1-10-17(20-26(24,25)13-5-3-12(19)4-6-13)14-8-11(18)2-7-15(14)21(10)9-16(22)23/h2-8,20H,9H2,1H3,(H,22,23). The van der Waals surface area contributed by atoms with Crippen LogP contribution in [-0.4, -0.2) is 24.1 Å². The van der Waals surface area contributed by atoms with Gasteiger partial charge in [0.05, 0.1) is 16.1 Å². The molecule has 1 heterocycles. The van der Waals surface area contributed by atoms with Crippen molar-refractivity contribution in [3.8, 4) is 0 Å². The fourth-order valence-corrected chi connectivity index (χ4v) is 4.04. The molecule has 0 bridgehead atoms. The predicted octanol–water partition coefficient (Wildman–Crippen LogP) is 3.63. The third-order valence-corrected chi connectivity index (χ3v) is 5.54. The van der Waals surface area contributed by atoms with E-state index in [-0.39, 0.29) is 17.1 Å². The predicted molar refractivity (Wildman–Crippen MR) is 96.5 cm³/mol. The van der Waals surface area contributed by atoms with Gasteiger partial charge < -0.3 is 9.67 Å². The molecule has 2 N–H and O–H groups in total. The second-order valence-corrected chi connectivity index (χ2v) is 7.78. The first-order valence-corrected chi connectivity index (χ1v) is 9.33. The number of carboxylic acids is 1. The number of rotatable bonds is 5. The van der Waals surface area contributed by atoms with Gasteiger partial charge in [0.25, 0.3) is 10.0 Å². The number of hydrogen-bond donors (Lipinski definition) is 2. The largest absolute Gasteiger partial charge is 0.480 e. The van der Waals surface area contributed by atoms with Gasteiger partial charge in [-0.1, -0.05) is 11.6 Å². The van der Waals surface area contributed by atoms with Gasteiger partial charge in [-0.05, 0) is 49.4 Å². The van der Waals surface area contributed by atoms with E-state index in [4.69, 9.17) is 16.7 Å². The Kier molecular flexibility index (Phi) is 4.64. The number of halogens is 2. The Hall–Kier alpha value is -2.58. The number of carbonyl (C=O) groups is 1. The Morgan fingerprint density at radius 2 is 1.88 bits per heavy atom. The Morgan fingerprint density at radius 1 is 1.23 bits per heavy atom. The number of aromatic nitrogens is 1. The molecule has 0 saturated carbocycles. The lowest BCUT2D eigenvalue weighted by Crippen LogP contribution is -2.14. The maximum Gasteiger partial charge on any atom is 0.323 e. The minimum absolute atomic E-state index is 0.112. The van der Waals surface area contributed by atoms with Crippen LogP contribution in [0.5, 0.6) is 0 Å². The lowest BCUT2D eigenvalue weighted by Gasteiger charge is -2.09. The zero-order valence-electron chi connectivity index (χ0n) is 13.5. The highest BCUT2D eigenvalue weighted by Crippen LogP contribution is 2.34. The van der Waals surface area contributed by atoms with Gasteiger partial charge in [-0.25, -0.2) is 12.8 Å². The molecule has 6 nitrogen and oxygen atoms in total. The Morgan fingerprint density at radius 3 is 2.50 bits per heavy atom. The van der Waals surface area contributed by atoms with Gasteiger partial charge in [0, 0.05) is 16.1 Å². The first-order valence-electron chi connectivity index (χ1n) is 7.47. The highest BCUT2D eigenvalue weighted by molar-refractivity contribution is 7.92. The topological polar surface area (TPSA) is 88.4 Å². The molecule has 0 atom stereocenters. The first-order chi connectivity index (χ1) is 12.2. The van der Waals surface area contributed by atoms with E-state index in [2.05, 4.69) is 4.72 Å². The number of carboxylic acid groups (broad SMARTS) is 1. The van der Waals surface area contributed by atoms with Gasteiger partial charge in [-0.3, -0.25) is 9.52 Å². The van der Waals surface area contributed by atoms with Crippen LogP contribution < -0.4 is 4.72 Å². The highest BCUT2D eigenvalue weighted by Gasteiger charge is 2.22. The molecule has 0 aliphatic heterocycles. The van der Waals surface area contributed by atoms with Crippen molar-refractivity contribution in [3.05, 3.63) is 59.0 Å². The number of fused-ring (bicyclic) bond motifs is 1. The molecule has 136 valence electrons. The van der Waals surface area contributed by atoms with E-state index in [1.54, 1.807) is 25.1 Å². The van der Waals surface area contributed by atoms with Gasteiger partial charge in [-0.2, -0.15) is 0 Å².